The predicted octanol–water partition coefficient (Wildman–Crippen LogP) is 6.54. The zero-order valence-corrected chi connectivity index (χ0v) is 23.5. The number of amides is 1. The summed E-state index contributed by atoms with van der Waals surface area (Å²) in [4.78, 5) is 17.3. The maximum atomic E-state index is 13.7. The van der Waals surface area contributed by atoms with E-state index in [0.717, 1.165) is 4.80 Å². The molecule has 1 aliphatic rings. The summed E-state index contributed by atoms with van der Waals surface area (Å²) in [5.74, 6) is 0.409. The highest BCUT2D eigenvalue weighted by molar-refractivity contribution is 5.90. The Kier molecular flexibility index (Phi) is 8.60. The van der Waals surface area contributed by atoms with Crippen molar-refractivity contribution < 1.29 is 40.6 Å². The number of aromatic nitrogens is 4. The van der Waals surface area contributed by atoms with Crippen molar-refractivity contribution >= 4 is 17.7 Å². The second-order valence-electron chi connectivity index (χ2n) is 10.2. The minimum atomic E-state index is -5.01. The number of methoxy groups -OCH3 is 1. The Morgan fingerprint density at radius 1 is 1.07 bits per heavy atom. The SMILES string of the molecule is CC[C@@H]1C[C@H](N(Cc2cc(C(F)(F)F)cc(C(F)(F)F)c2)c2nnn(C)n2)c2cc(OC)ccc2N1C(=O)OC(C)C. The lowest BCUT2D eigenvalue weighted by molar-refractivity contribution is -0.143. The van der Waals surface area contributed by atoms with Gasteiger partial charge in [0.2, 0.25) is 0 Å². The van der Waals surface area contributed by atoms with Gasteiger partial charge in [0.1, 0.15) is 5.75 Å². The number of fused-ring (bicyclic) bond motifs is 1. The molecular weight excluding hydrogens is 570 g/mol. The van der Waals surface area contributed by atoms with Gasteiger partial charge in [0, 0.05) is 18.2 Å². The van der Waals surface area contributed by atoms with Crippen LogP contribution in [0.1, 0.15) is 61.9 Å². The Bertz CT molecular complexity index is 1390. The van der Waals surface area contributed by atoms with Crippen LogP contribution in [0.15, 0.2) is 36.4 Å². The van der Waals surface area contributed by atoms with E-state index in [1.165, 1.54) is 24.0 Å². The topological polar surface area (TPSA) is 85.6 Å². The molecule has 4 rings (SSSR count). The maximum Gasteiger partial charge on any atom is 0.416 e. The van der Waals surface area contributed by atoms with Crippen LogP contribution in [0.2, 0.25) is 0 Å². The molecule has 2 atom stereocenters. The second kappa shape index (κ2) is 11.7. The molecular formula is C27H30F6N6O3. The predicted molar refractivity (Wildman–Crippen MR) is 140 cm³/mol. The average molecular weight is 601 g/mol. The molecule has 0 bridgehead atoms. The first-order valence-corrected chi connectivity index (χ1v) is 13.1. The van der Waals surface area contributed by atoms with Gasteiger partial charge in [0.15, 0.2) is 0 Å². The lowest BCUT2D eigenvalue weighted by Gasteiger charge is -2.44. The minimum absolute atomic E-state index is 0.0182. The molecule has 2 aromatic carbocycles. The van der Waals surface area contributed by atoms with Crippen molar-refractivity contribution in [2.45, 2.75) is 70.7 Å². The van der Waals surface area contributed by atoms with E-state index in [1.54, 1.807) is 32.0 Å². The molecule has 0 N–H and O–H groups in total. The number of rotatable bonds is 7. The minimum Gasteiger partial charge on any atom is -0.497 e. The lowest BCUT2D eigenvalue weighted by Crippen LogP contribution is -2.48. The second-order valence-corrected chi connectivity index (χ2v) is 10.2. The number of anilines is 2. The van der Waals surface area contributed by atoms with Crippen LogP contribution in [0, 0.1) is 0 Å². The van der Waals surface area contributed by atoms with Crippen LogP contribution in [0.3, 0.4) is 0 Å². The number of ether oxygens (including phenoxy) is 2. The zero-order chi connectivity index (χ0) is 31.0. The van der Waals surface area contributed by atoms with Crippen LogP contribution in [-0.4, -0.2) is 45.6 Å². The van der Waals surface area contributed by atoms with Gasteiger partial charge in [-0.3, -0.25) is 4.90 Å². The van der Waals surface area contributed by atoms with Gasteiger partial charge in [-0.15, -0.1) is 5.10 Å². The number of carbonyl (C=O) groups is 1. The molecule has 0 fully saturated rings. The van der Waals surface area contributed by atoms with Gasteiger partial charge >= 0.3 is 18.4 Å². The fourth-order valence-corrected chi connectivity index (χ4v) is 5.00. The molecule has 0 spiro atoms. The average Bonchev–Trinajstić information content (AvgIpc) is 3.34. The monoisotopic (exact) mass is 600 g/mol. The molecule has 0 saturated carbocycles. The summed E-state index contributed by atoms with van der Waals surface area (Å²) in [5.41, 5.74) is -2.14. The number of aryl methyl sites for hydroxylation is 1. The van der Waals surface area contributed by atoms with E-state index in [-0.39, 0.29) is 24.0 Å². The molecule has 1 aromatic heterocycles. The molecule has 9 nitrogen and oxygen atoms in total. The first kappa shape index (κ1) is 30.9. The molecule has 0 aliphatic carbocycles. The first-order valence-electron chi connectivity index (χ1n) is 13.1. The third-order valence-corrected chi connectivity index (χ3v) is 6.85. The van der Waals surface area contributed by atoms with Gasteiger partial charge in [-0.25, -0.2) is 4.79 Å². The quantitative estimate of drug-likeness (QED) is 0.285. The number of nitrogens with zero attached hydrogens (tertiary/aromatic N) is 6. The van der Waals surface area contributed by atoms with Gasteiger partial charge in [-0.1, -0.05) is 12.0 Å². The summed E-state index contributed by atoms with van der Waals surface area (Å²) in [6, 6.07) is 5.29. The number of carbonyl (C=O) groups excluding carboxylic acids is 1. The fraction of sp³-hybridized carbons (Fsp3) is 0.481. The molecule has 42 heavy (non-hydrogen) atoms. The van der Waals surface area contributed by atoms with Gasteiger partial charge < -0.3 is 14.4 Å². The highest BCUT2D eigenvalue weighted by Gasteiger charge is 2.41. The Hall–Kier alpha value is -4.04. The van der Waals surface area contributed by atoms with Crippen molar-refractivity contribution in [1.29, 1.82) is 0 Å². The molecule has 1 amide bonds. The summed E-state index contributed by atoms with van der Waals surface area (Å²) in [5, 5.41) is 12.1. The van der Waals surface area contributed by atoms with Crippen molar-refractivity contribution in [3.8, 4) is 5.75 Å². The third-order valence-electron chi connectivity index (χ3n) is 6.85. The van der Waals surface area contributed by atoms with Gasteiger partial charge in [0.05, 0.1) is 43.1 Å². The largest absolute Gasteiger partial charge is 0.497 e. The highest BCUT2D eigenvalue weighted by Crippen LogP contribution is 2.45. The Balaban J connectivity index is 1.89. The van der Waals surface area contributed by atoms with Crippen molar-refractivity contribution in [2.75, 3.05) is 16.9 Å². The maximum absolute atomic E-state index is 13.7. The summed E-state index contributed by atoms with van der Waals surface area (Å²) >= 11 is 0. The van der Waals surface area contributed by atoms with Crippen molar-refractivity contribution in [1.82, 2.24) is 20.2 Å². The number of hydrogen-bond donors (Lipinski definition) is 0. The van der Waals surface area contributed by atoms with Crippen LogP contribution in [0.4, 0.5) is 42.8 Å². The normalized spacial score (nSPS) is 17.3. The van der Waals surface area contributed by atoms with Crippen molar-refractivity contribution in [3.05, 3.63) is 58.7 Å². The van der Waals surface area contributed by atoms with Gasteiger partial charge in [-0.2, -0.15) is 31.1 Å². The Labute approximate surface area is 238 Å². The summed E-state index contributed by atoms with van der Waals surface area (Å²) in [7, 11) is 2.93. The van der Waals surface area contributed by atoms with Crippen molar-refractivity contribution in [3.63, 3.8) is 0 Å². The molecule has 228 valence electrons. The Morgan fingerprint density at radius 3 is 2.21 bits per heavy atom. The van der Waals surface area contributed by atoms with E-state index in [4.69, 9.17) is 9.47 Å². The number of halogens is 6. The highest BCUT2D eigenvalue weighted by atomic mass is 19.4. The number of alkyl halides is 6. The van der Waals surface area contributed by atoms with E-state index < -0.39 is 54.3 Å². The number of benzene rings is 2. The molecule has 15 heteroatoms. The number of hydrogen-bond acceptors (Lipinski definition) is 7. The van der Waals surface area contributed by atoms with E-state index in [9.17, 15) is 31.1 Å². The molecule has 0 unspecified atom stereocenters. The van der Waals surface area contributed by atoms with Crippen molar-refractivity contribution in [2.24, 2.45) is 7.05 Å². The van der Waals surface area contributed by atoms with E-state index in [0.29, 0.717) is 35.6 Å². The van der Waals surface area contributed by atoms with Crippen LogP contribution in [0.25, 0.3) is 0 Å². The fourth-order valence-electron chi connectivity index (χ4n) is 5.00. The third kappa shape index (κ3) is 6.54. The smallest absolute Gasteiger partial charge is 0.416 e. The van der Waals surface area contributed by atoms with Gasteiger partial charge in [0.25, 0.3) is 5.95 Å². The summed E-state index contributed by atoms with van der Waals surface area (Å²) in [6.45, 7) is 4.87. The van der Waals surface area contributed by atoms with E-state index in [1.807, 2.05) is 6.92 Å². The van der Waals surface area contributed by atoms with Gasteiger partial charge in [-0.05, 0) is 73.9 Å². The van der Waals surface area contributed by atoms with E-state index >= 15 is 0 Å². The summed E-state index contributed by atoms with van der Waals surface area (Å²) < 4.78 is 92.9. The molecule has 3 aromatic rings. The lowest BCUT2D eigenvalue weighted by atomic mass is 9.88. The van der Waals surface area contributed by atoms with E-state index in [2.05, 4.69) is 15.4 Å². The molecule has 1 aliphatic heterocycles. The standard InChI is InChI=1S/C27H30F6N6O3/c1-6-19-12-23(21-13-20(41-5)7-8-22(21)39(19)25(40)42-15(2)3)38(24-34-36-37(4)35-24)14-16-9-17(26(28,29)30)11-18(10-16)27(31,32)33/h7-11,13,15,19,23H,6,12,14H2,1-5H3/t19-,23+/m1/s1. The molecule has 0 saturated heterocycles. The summed E-state index contributed by atoms with van der Waals surface area (Å²) in [6.07, 6.45) is -10.3. The Morgan fingerprint density at radius 2 is 1.71 bits per heavy atom. The van der Waals surface area contributed by atoms with Crippen LogP contribution < -0.4 is 14.5 Å². The molecule has 2 heterocycles. The van der Waals surface area contributed by atoms with Crippen LogP contribution in [0.5, 0.6) is 5.75 Å². The number of tetrazole rings is 1. The zero-order valence-electron chi connectivity index (χ0n) is 23.5. The first-order chi connectivity index (χ1) is 19.6. The molecule has 0 radical (unpaired) electrons. The van der Waals surface area contributed by atoms with Crippen LogP contribution in [-0.2, 0) is 30.7 Å². The van der Waals surface area contributed by atoms with Crippen LogP contribution >= 0.6 is 0 Å².